The maximum absolute atomic E-state index is 12.8. The van der Waals surface area contributed by atoms with Crippen LogP contribution in [0.2, 0.25) is 0 Å². The van der Waals surface area contributed by atoms with Crippen molar-refractivity contribution in [2.45, 2.75) is 31.7 Å². The zero-order chi connectivity index (χ0) is 22.1. The molecule has 6 heteroatoms. The van der Waals surface area contributed by atoms with Crippen molar-refractivity contribution in [3.8, 4) is 11.4 Å². The average Bonchev–Trinajstić information content (AvgIpc) is 3.13. The largest absolute Gasteiger partial charge is 0.352 e. The summed E-state index contributed by atoms with van der Waals surface area (Å²) >= 11 is 0. The fraction of sp³-hybridized carbons (Fsp3) is 0.346. The van der Waals surface area contributed by atoms with Gasteiger partial charge in [-0.2, -0.15) is 0 Å². The van der Waals surface area contributed by atoms with Crippen molar-refractivity contribution in [2.75, 3.05) is 27.2 Å². The Kier molecular flexibility index (Phi) is 5.62. The number of amides is 1. The molecule has 164 valence electrons. The van der Waals surface area contributed by atoms with Crippen molar-refractivity contribution in [2.24, 2.45) is 0 Å². The van der Waals surface area contributed by atoms with E-state index in [0.29, 0.717) is 18.2 Å². The maximum Gasteiger partial charge on any atom is 0.251 e. The molecule has 0 radical (unpaired) electrons. The topological polar surface area (TPSA) is 63.1 Å². The Morgan fingerprint density at radius 2 is 1.97 bits per heavy atom. The Balaban J connectivity index is 1.54. The highest BCUT2D eigenvalue weighted by Gasteiger charge is 2.26. The molecule has 0 unspecified atom stereocenters. The normalized spacial score (nSPS) is 14.2. The van der Waals surface area contributed by atoms with E-state index >= 15 is 0 Å². The first kappa shape index (κ1) is 20.6. The quantitative estimate of drug-likeness (QED) is 0.436. The molecule has 2 aromatic carbocycles. The van der Waals surface area contributed by atoms with Crippen molar-refractivity contribution in [1.82, 2.24) is 24.8 Å². The van der Waals surface area contributed by atoms with Crippen LogP contribution in [0, 0.1) is 0 Å². The van der Waals surface area contributed by atoms with Gasteiger partial charge in [0, 0.05) is 35.3 Å². The van der Waals surface area contributed by atoms with Crippen LogP contribution >= 0.6 is 0 Å². The molecule has 0 saturated heterocycles. The van der Waals surface area contributed by atoms with Crippen molar-refractivity contribution < 1.29 is 4.79 Å². The van der Waals surface area contributed by atoms with Crippen molar-refractivity contribution >= 4 is 27.8 Å². The van der Waals surface area contributed by atoms with Crippen LogP contribution in [0.15, 0.2) is 54.7 Å². The van der Waals surface area contributed by atoms with Crippen LogP contribution < -0.4 is 5.32 Å². The summed E-state index contributed by atoms with van der Waals surface area (Å²) in [6.07, 6.45) is 6.30. The minimum Gasteiger partial charge on any atom is -0.352 e. The van der Waals surface area contributed by atoms with Crippen molar-refractivity contribution in [1.29, 1.82) is 0 Å². The third-order valence-corrected chi connectivity index (χ3v) is 6.35. The molecule has 0 bridgehead atoms. The molecule has 0 aliphatic heterocycles. The van der Waals surface area contributed by atoms with Gasteiger partial charge in [0.1, 0.15) is 5.82 Å². The summed E-state index contributed by atoms with van der Waals surface area (Å²) in [6.45, 7) is 1.63. The number of hydrogen-bond acceptors (Lipinski definition) is 4. The predicted octanol–water partition coefficient (Wildman–Crippen LogP) is 4.66. The van der Waals surface area contributed by atoms with Crippen molar-refractivity contribution in [3.63, 3.8) is 0 Å². The van der Waals surface area contributed by atoms with Crippen molar-refractivity contribution in [3.05, 3.63) is 60.3 Å². The lowest BCUT2D eigenvalue weighted by molar-refractivity contribution is 0.0952. The standard InChI is InChI=1S/C26H29N5O/c1-30(2)16-6-14-28-26(32)18-11-12-23-24(17-18)31(19-7-5-8-19)25(29-23)21-13-15-27-22-10-4-3-9-20(21)22/h3-4,9-13,15,17,19H,5-8,14,16H2,1-2H3,(H,28,32). The van der Waals surface area contributed by atoms with Gasteiger partial charge >= 0.3 is 0 Å². The molecule has 32 heavy (non-hydrogen) atoms. The first-order valence-electron chi connectivity index (χ1n) is 11.4. The molecule has 2 heterocycles. The molecule has 1 amide bonds. The van der Waals surface area contributed by atoms with E-state index in [0.717, 1.165) is 59.1 Å². The smallest absolute Gasteiger partial charge is 0.251 e. The minimum absolute atomic E-state index is 0.0251. The first-order chi connectivity index (χ1) is 15.6. The second-order valence-corrected chi connectivity index (χ2v) is 8.88. The Bertz CT molecular complexity index is 1270. The summed E-state index contributed by atoms with van der Waals surface area (Å²) in [5, 5.41) is 4.16. The molecular weight excluding hydrogens is 398 g/mol. The summed E-state index contributed by atoms with van der Waals surface area (Å²) in [6, 6.07) is 16.5. The zero-order valence-corrected chi connectivity index (χ0v) is 18.7. The van der Waals surface area contributed by atoms with Gasteiger partial charge in [-0.05, 0) is 76.7 Å². The number of pyridine rings is 1. The predicted molar refractivity (Wildman–Crippen MR) is 129 cm³/mol. The van der Waals surface area contributed by atoms with Crippen LogP contribution in [-0.4, -0.2) is 52.5 Å². The number of hydrogen-bond donors (Lipinski definition) is 1. The van der Waals surface area contributed by atoms with Gasteiger partial charge in [-0.25, -0.2) is 4.98 Å². The highest BCUT2D eigenvalue weighted by atomic mass is 16.1. The Morgan fingerprint density at radius 3 is 2.75 bits per heavy atom. The summed E-state index contributed by atoms with van der Waals surface area (Å²) in [7, 11) is 4.09. The maximum atomic E-state index is 12.8. The molecule has 0 spiro atoms. The fourth-order valence-electron chi connectivity index (χ4n) is 4.43. The van der Waals surface area contributed by atoms with E-state index in [-0.39, 0.29) is 5.91 Å². The third kappa shape index (κ3) is 3.86. The number of para-hydroxylation sites is 1. The number of nitrogens with one attached hydrogen (secondary N) is 1. The van der Waals surface area contributed by atoms with Crippen LogP contribution in [0.4, 0.5) is 0 Å². The number of fused-ring (bicyclic) bond motifs is 2. The SMILES string of the molecule is CN(C)CCCNC(=O)c1ccc2nc(-c3ccnc4ccccc34)n(C3CCC3)c2c1. The van der Waals surface area contributed by atoms with Gasteiger partial charge in [-0.3, -0.25) is 9.78 Å². The summed E-state index contributed by atoms with van der Waals surface area (Å²) in [5.41, 5.74) is 4.71. The summed E-state index contributed by atoms with van der Waals surface area (Å²) in [5.74, 6) is 0.940. The highest BCUT2D eigenvalue weighted by Crippen LogP contribution is 2.40. The zero-order valence-electron chi connectivity index (χ0n) is 18.7. The average molecular weight is 428 g/mol. The first-order valence-corrected chi connectivity index (χ1v) is 11.4. The number of aromatic nitrogens is 3. The van der Waals surface area contributed by atoms with Crippen LogP contribution in [0.5, 0.6) is 0 Å². The van der Waals surface area contributed by atoms with E-state index in [1.165, 1.54) is 6.42 Å². The Labute approximate surface area is 188 Å². The lowest BCUT2D eigenvalue weighted by atomic mass is 9.92. The molecule has 4 aromatic rings. The number of benzene rings is 2. The molecule has 5 rings (SSSR count). The molecule has 1 aliphatic carbocycles. The molecule has 1 N–H and O–H groups in total. The molecule has 1 fully saturated rings. The molecule has 1 saturated carbocycles. The monoisotopic (exact) mass is 427 g/mol. The van der Waals surface area contributed by atoms with Gasteiger partial charge in [0.25, 0.3) is 5.91 Å². The minimum atomic E-state index is -0.0251. The third-order valence-electron chi connectivity index (χ3n) is 6.35. The number of carbonyl (C=O) groups is 1. The number of carbonyl (C=O) groups excluding carboxylic acids is 1. The van der Waals surface area contributed by atoms with Crippen LogP contribution in [-0.2, 0) is 0 Å². The lowest BCUT2D eigenvalue weighted by Gasteiger charge is -2.29. The molecule has 6 nitrogen and oxygen atoms in total. The highest BCUT2D eigenvalue weighted by molar-refractivity contribution is 5.99. The summed E-state index contributed by atoms with van der Waals surface area (Å²) in [4.78, 5) is 24.5. The van der Waals surface area contributed by atoms with Gasteiger partial charge in [0.2, 0.25) is 0 Å². The fourth-order valence-corrected chi connectivity index (χ4v) is 4.43. The van der Waals surface area contributed by atoms with Crippen LogP contribution in [0.1, 0.15) is 42.1 Å². The molecule has 0 atom stereocenters. The van der Waals surface area contributed by atoms with E-state index in [2.05, 4.69) is 31.9 Å². The molecular formula is C26H29N5O. The molecule has 1 aliphatic rings. The van der Waals surface area contributed by atoms with E-state index in [1.54, 1.807) is 0 Å². The lowest BCUT2D eigenvalue weighted by Crippen LogP contribution is -2.27. The van der Waals surface area contributed by atoms with Gasteiger partial charge in [-0.1, -0.05) is 18.2 Å². The Morgan fingerprint density at radius 1 is 1.12 bits per heavy atom. The summed E-state index contributed by atoms with van der Waals surface area (Å²) < 4.78 is 2.35. The van der Waals surface area contributed by atoms with E-state index in [9.17, 15) is 4.79 Å². The Hall–Kier alpha value is -3.25. The molecule has 2 aromatic heterocycles. The van der Waals surface area contributed by atoms with Gasteiger partial charge in [0.15, 0.2) is 0 Å². The number of imidazole rings is 1. The van der Waals surface area contributed by atoms with Crippen LogP contribution in [0.25, 0.3) is 33.3 Å². The number of nitrogens with zero attached hydrogens (tertiary/aromatic N) is 4. The van der Waals surface area contributed by atoms with Gasteiger partial charge in [-0.15, -0.1) is 0 Å². The van der Waals surface area contributed by atoms with Crippen LogP contribution in [0.3, 0.4) is 0 Å². The van der Waals surface area contributed by atoms with E-state index < -0.39 is 0 Å². The van der Waals surface area contributed by atoms with Gasteiger partial charge in [0.05, 0.1) is 16.6 Å². The second kappa shape index (κ2) is 8.71. The van der Waals surface area contributed by atoms with E-state index in [1.807, 2.05) is 56.7 Å². The second-order valence-electron chi connectivity index (χ2n) is 8.88. The number of rotatable bonds is 7. The van der Waals surface area contributed by atoms with E-state index in [4.69, 9.17) is 4.98 Å². The van der Waals surface area contributed by atoms with Gasteiger partial charge < -0.3 is 14.8 Å².